The summed E-state index contributed by atoms with van der Waals surface area (Å²) in [6, 6.07) is 21.8. The first-order valence-corrected chi connectivity index (χ1v) is 30.2. The molecular formula is C64H77F3N12O16. The smallest absolute Gasteiger partial charge is 0.446 e. The Morgan fingerprint density at radius 2 is 1.16 bits per heavy atom. The number of carbonyl (C=O) groups is 13. The number of aromatic nitrogens is 1. The molecule has 95 heavy (non-hydrogen) atoms. The van der Waals surface area contributed by atoms with Gasteiger partial charge in [0.15, 0.2) is 0 Å². The van der Waals surface area contributed by atoms with E-state index in [9.17, 15) is 76.1 Å². The Hall–Kier alpha value is -10.6. The molecule has 1 fully saturated rings. The Kier molecular flexibility index (Phi) is 29.9. The van der Waals surface area contributed by atoms with Crippen molar-refractivity contribution in [2.24, 2.45) is 5.92 Å². The monoisotopic (exact) mass is 1330 g/mol. The number of nitrogens with one attached hydrogen (secondary N) is 11. The van der Waals surface area contributed by atoms with Crippen LogP contribution in [-0.4, -0.2) is 184 Å². The average Bonchev–Trinajstić information content (AvgIpc) is 1.75. The molecule has 5 aromatic rings. The van der Waals surface area contributed by atoms with Gasteiger partial charge in [-0.15, -0.1) is 0 Å². The molecule has 0 unspecified atom stereocenters. The predicted molar refractivity (Wildman–Crippen MR) is 335 cm³/mol. The molecule has 0 radical (unpaired) electrons. The van der Waals surface area contributed by atoms with Crippen molar-refractivity contribution in [2.75, 3.05) is 32.7 Å². The van der Waals surface area contributed by atoms with Gasteiger partial charge in [-0.05, 0) is 65.6 Å². The molecule has 1 saturated heterocycles. The van der Waals surface area contributed by atoms with Gasteiger partial charge in [-0.2, -0.15) is 13.2 Å². The summed E-state index contributed by atoms with van der Waals surface area (Å²) in [6.45, 7) is 1.31. The number of phenolic OH excluding ortho intramolecular Hbond substituents is 1. The number of hydrazine groups is 1. The second kappa shape index (κ2) is 37.8. The number of likely N-dealkylation sites (tertiary alicyclic amines) is 1. The zero-order valence-electron chi connectivity index (χ0n) is 51.9. The second-order valence-electron chi connectivity index (χ2n) is 22.2. The van der Waals surface area contributed by atoms with E-state index >= 15 is 4.79 Å². The first-order valence-electron chi connectivity index (χ1n) is 30.2. The number of para-hydroxylation sites is 1. The van der Waals surface area contributed by atoms with Crippen molar-refractivity contribution in [2.45, 2.75) is 120 Å². The fourth-order valence-electron chi connectivity index (χ4n) is 9.87. The van der Waals surface area contributed by atoms with Crippen LogP contribution in [0.5, 0.6) is 5.75 Å². The Bertz CT molecular complexity index is 3450. The highest BCUT2D eigenvalue weighted by Crippen LogP contribution is 2.23. The summed E-state index contributed by atoms with van der Waals surface area (Å²) in [7, 11) is 0. The lowest BCUT2D eigenvalue weighted by atomic mass is 9.96. The van der Waals surface area contributed by atoms with Gasteiger partial charge < -0.3 is 72.5 Å². The van der Waals surface area contributed by atoms with E-state index in [1.54, 1.807) is 86.8 Å². The number of nitrogens with zero attached hydrogens (tertiary/aromatic N) is 1. The van der Waals surface area contributed by atoms with Crippen LogP contribution in [0.1, 0.15) is 68.2 Å². The fraction of sp³-hybridized carbons (Fsp3) is 0.391. The molecule has 4 aromatic carbocycles. The van der Waals surface area contributed by atoms with Gasteiger partial charge in [0.25, 0.3) is 0 Å². The van der Waals surface area contributed by atoms with Crippen LogP contribution >= 0.6 is 0 Å². The summed E-state index contributed by atoms with van der Waals surface area (Å²) in [5, 5.41) is 50.0. The minimum absolute atomic E-state index is 0.0143. The lowest BCUT2D eigenvalue weighted by molar-refractivity contribution is -0.156. The van der Waals surface area contributed by atoms with Gasteiger partial charge in [0.2, 0.25) is 59.5 Å². The van der Waals surface area contributed by atoms with Crippen LogP contribution in [0, 0.1) is 5.92 Å². The first kappa shape index (κ1) is 75.2. The van der Waals surface area contributed by atoms with Gasteiger partial charge in [-0.25, -0.2) is 15.6 Å². The van der Waals surface area contributed by atoms with Crippen molar-refractivity contribution >= 4 is 88.6 Å². The van der Waals surface area contributed by atoms with E-state index in [1.807, 2.05) is 18.2 Å². The van der Waals surface area contributed by atoms with Crippen LogP contribution in [0.25, 0.3) is 10.9 Å². The highest BCUT2D eigenvalue weighted by Gasteiger charge is 2.40. The lowest BCUT2D eigenvalue weighted by Crippen LogP contribution is -2.60. The van der Waals surface area contributed by atoms with Crippen LogP contribution in [-0.2, 0) is 88.0 Å². The van der Waals surface area contributed by atoms with E-state index in [-0.39, 0.29) is 57.2 Å². The Balaban J connectivity index is 0.00000259. The highest BCUT2D eigenvalue weighted by molar-refractivity contribution is 5.98. The molecule has 14 N–H and O–H groups in total. The van der Waals surface area contributed by atoms with Crippen LogP contribution in [0.2, 0.25) is 0 Å². The number of carbonyl (C=O) groups excluding carboxylic acids is 11. The number of H-pyrrole nitrogens is 1. The molecule has 31 heteroatoms. The Morgan fingerprint density at radius 1 is 0.621 bits per heavy atom. The molecule has 28 nitrogen and oxygen atoms in total. The lowest BCUT2D eigenvalue weighted by Gasteiger charge is -2.31. The van der Waals surface area contributed by atoms with Gasteiger partial charge in [-0.1, -0.05) is 111 Å². The summed E-state index contributed by atoms with van der Waals surface area (Å²) >= 11 is 0. The quantitative estimate of drug-likeness (QED) is 0.0192. The Morgan fingerprint density at radius 3 is 1.75 bits per heavy atom. The van der Waals surface area contributed by atoms with E-state index in [0.29, 0.717) is 41.4 Å². The molecule has 9 amide bonds. The summed E-state index contributed by atoms with van der Waals surface area (Å²) in [5.41, 5.74) is 8.20. The molecule has 510 valence electrons. The van der Waals surface area contributed by atoms with Crippen molar-refractivity contribution in [3.05, 3.63) is 138 Å². The number of alkyl halides is 3. The van der Waals surface area contributed by atoms with Crippen molar-refractivity contribution in [1.82, 2.24) is 63.3 Å². The minimum Gasteiger partial charge on any atom is -0.508 e. The number of aromatic hydroxyl groups is 1. The SMILES string of the molecule is CC[C@H](C)[C@H](NC(=O)CNC(=O)CNN[C@H](C=O)CCC(=O)O)C(=O)N[C@@H](Cc1c[nH]c2ccccc12)C(=O)N[C@@H](Cc1ccccc1)C(=O)N1CCC[C@H]1C(=O)N[C@@H](Cc1ccc(O)cc1)C(=O)NCC(=O)NCC(=O)N[C@@H](Cc1ccccc1)C(=O)O.O=CC(F)(F)F. The summed E-state index contributed by atoms with van der Waals surface area (Å²) < 4.78 is 31.2. The highest BCUT2D eigenvalue weighted by atomic mass is 19.4. The standard InChI is InChI=1S/C62H76N12O15.C2HF3O/c1-3-37(2)56(72-54(80)34-65-52(78)35-67-73-42(36-75)22-25-55(81)82)60(86)70-47(30-41-31-63-45-18-11-10-17-44(41)45)58(84)71-48(28-38-13-6-4-7-14-38)61(87)74-26-12-19-50(74)59(85)69-46(27-40-20-23-43(76)24-21-40)57(83)66-32-51(77)64-33-53(79)68-49(62(88)89)29-39-15-8-5-9-16-39;3-2(4,5)1-6/h4-11,13-18,20-21,23-24,31,36-37,42,46-50,56,63,67,73,76H,3,12,19,22,25-30,32-35H2,1-2H3,(H,64,77)(H,65,78)(H,66,83)(H,68,79)(H,69,85)(H,70,86)(H,71,84)(H,72,80)(H,81,82)(H,88,89);1H/t37-,42-,46-,47-,48-,49-,50-,56-;/m0./s1. The first-order chi connectivity index (χ1) is 45.3. The molecular weight excluding hydrogens is 1250 g/mol. The summed E-state index contributed by atoms with van der Waals surface area (Å²) in [5.74, 6) is -9.79. The number of halogens is 3. The number of carboxylic acids is 2. The van der Waals surface area contributed by atoms with Crippen molar-refractivity contribution in [1.29, 1.82) is 0 Å². The molecule has 2 heterocycles. The maximum atomic E-state index is 15.1. The summed E-state index contributed by atoms with van der Waals surface area (Å²) in [6.07, 6.45) is -3.33. The van der Waals surface area contributed by atoms with Crippen molar-refractivity contribution in [3.8, 4) is 5.75 Å². The zero-order chi connectivity index (χ0) is 69.6. The number of aromatic amines is 1. The molecule has 0 spiro atoms. The number of rotatable bonds is 35. The largest absolute Gasteiger partial charge is 0.508 e. The van der Waals surface area contributed by atoms with Crippen LogP contribution < -0.4 is 53.4 Å². The van der Waals surface area contributed by atoms with Crippen molar-refractivity contribution in [3.63, 3.8) is 0 Å². The molecule has 0 bridgehead atoms. The molecule has 0 saturated carbocycles. The molecule has 8 atom stereocenters. The Labute approximate surface area is 543 Å². The van der Waals surface area contributed by atoms with Crippen LogP contribution in [0.4, 0.5) is 13.2 Å². The predicted octanol–water partition coefficient (Wildman–Crippen LogP) is 0.312. The van der Waals surface area contributed by atoms with E-state index < -0.39 is 152 Å². The van der Waals surface area contributed by atoms with E-state index in [2.05, 4.69) is 58.4 Å². The number of hydrogen-bond donors (Lipinski definition) is 14. The molecule has 0 aliphatic carbocycles. The van der Waals surface area contributed by atoms with E-state index in [0.717, 1.165) is 10.9 Å². The average molecular weight is 1330 g/mol. The van der Waals surface area contributed by atoms with Crippen LogP contribution in [0.3, 0.4) is 0 Å². The maximum Gasteiger partial charge on any atom is 0.446 e. The van der Waals surface area contributed by atoms with Gasteiger partial charge in [0.05, 0.1) is 32.2 Å². The third-order valence-corrected chi connectivity index (χ3v) is 15.0. The number of hydrogen-bond acceptors (Lipinski definition) is 16. The molecule has 1 aliphatic rings. The van der Waals surface area contributed by atoms with E-state index in [1.165, 1.54) is 29.2 Å². The number of benzene rings is 4. The number of aldehydes is 2. The summed E-state index contributed by atoms with van der Waals surface area (Å²) in [4.78, 5) is 172. The van der Waals surface area contributed by atoms with Gasteiger partial charge in [-0.3, -0.25) is 52.7 Å². The van der Waals surface area contributed by atoms with Crippen LogP contribution in [0.15, 0.2) is 115 Å². The zero-order valence-corrected chi connectivity index (χ0v) is 51.9. The van der Waals surface area contributed by atoms with Gasteiger partial charge in [0, 0.05) is 55.7 Å². The topological polar surface area (TPSA) is 422 Å². The molecule has 6 rings (SSSR count). The normalized spacial score (nSPS) is 14.8. The second-order valence-corrected chi connectivity index (χ2v) is 22.2. The third-order valence-electron chi connectivity index (χ3n) is 15.0. The molecule has 1 aliphatic heterocycles. The van der Waals surface area contributed by atoms with Gasteiger partial charge in [0.1, 0.15) is 48.3 Å². The third kappa shape index (κ3) is 25.8. The fourth-order valence-corrected chi connectivity index (χ4v) is 9.87. The number of phenols is 1. The number of carboxylic acid groups (broad SMARTS) is 2. The molecule has 1 aromatic heterocycles. The number of fused-ring (bicyclic) bond motifs is 1. The van der Waals surface area contributed by atoms with E-state index in [4.69, 9.17) is 9.90 Å². The number of aliphatic carboxylic acids is 2. The number of amides is 9. The van der Waals surface area contributed by atoms with Gasteiger partial charge >= 0.3 is 18.1 Å². The maximum absolute atomic E-state index is 15.1. The minimum atomic E-state index is -4.64. The van der Waals surface area contributed by atoms with Crippen molar-refractivity contribution < 1.29 is 90.8 Å².